The number of rotatable bonds is 4. The lowest BCUT2D eigenvalue weighted by Gasteiger charge is -2.39. The molecule has 0 aromatic carbocycles. The molecular weight excluding hydrogens is 304 g/mol. The summed E-state index contributed by atoms with van der Waals surface area (Å²) in [6.45, 7) is 1.30. The van der Waals surface area contributed by atoms with Crippen LogP contribution in [0.25, 0.3) is 0 Å². The van der Waals surface area contributed by atoms with E-state index >= 15 is 0 Å². The van der Waals surface area contributed by atoms with Crippen LogP contribution < -0.4 is 4.74 Å². The standard InChI is InChI=1S/C19H24N2O3/c22-18(12-14-4-1-2-5-14)21-10-11-23-19-16(21)7-8-17(19)24-15-6-3-9-20-13-15/h1,3-4,6,9,13-14,16-17,19H,2,5,7-8,10-12H2/t14-,16+,17-,19-/m1/s1. The topological polar surface area (TPSA) is 51.7 Å². The maximum absolute atomic E-state index is 12.7. The van der Waals surface area contributed by atoms with Gasteiger partial charge in [0.2, 0.25) is 5.91 Å². The van der Waals surface area contributed by atoms with E-state index in [1.54, 1.807) is 12.4 Å². The first-order chi connectivity index (χ1) is 11.8. The molecule has 1 saturated carbocycles. The molecule has 4 atom stereocenters. The third kappa shape index (κ3) is 3.18. The van der Waals surface area contributed by atoms with Crippen molar-refractivity contribution < 1.29 is 14.3 Å². The van der Waals surface area contributed by atoms with Gasteiger partial charge in [0.1, 0.15) is 18.0 Å². The molecule has 3 aliphatic rings. The van der Waals surface area contributed by atoms with Gasteiger partial charge < -0.3 is 14.4 Å². The molecule has 0 radical (unpaired) electrons. The van der Waals surface area contributed by atoms with Gasteiger partial charge in [0.05, 0.1) is 18.8 Å². The van der Waals surface area contributed by atoms with E-state index in [4.69, 9.17) is 9.47 Å². The van der Waals surface area contributed by atoms with Crippen molar-refractivity contribution in [2.75, 3.05) is 13.2 Å². The molecular formula is C19H24N2O3. The minimum absolute atomic E-state index is 0.00109. The molecule has 1 aromatic rings. The molecule has 1 amide bonds. The Hall–Kier alpha value is -1.88. The Bertz CT molecular complexity index is 604. The molecule has 0 bridgehead atoms. The summed E-state index contributed by atoms with van der Waals surface area (Å²) in [4.78, 5) is 18.9. The summed E-state index contributed by atoms with van der Waals surface area (Å²) in [7, 11) is 0. The molecule has 128 valence electrons. The zero-order chi connectivity index (χ0) is 16.4. The van der Waals surface area contributed by atoms with E-state index in [2.05, 4.69) is 17.1 Å². The maximum Gasteiger partial charge on any atom is 0.223 e. The second-order valence-electron chi connectivity index (χ2n) is 6.88. The zero-order valence-corrected chi connectivity index (χ0v) is 13.8. The molecule has 2 fully saturated rings. The monoisotopic (exact) mass is 328 g/mol. The smallest absolute Gasteiger partial charge is 0.223 e. The Morgan fingerprint density at radius 2 is 2.33 bits per heavy atom. The van der Waals surface area contributed by atoms with Gasteiger partial charge in [-0.3, -0.25) is 9.78 Å². The van der Waals surface area contributed by atoms with Gasteiger partial charge in [-0.1, -0.05) is 12.2 Å². The Kier molecular flexibility index (Phi) is 4.52. The first-order valence-electron chi connectivity index (χ1n) is 8.95. The number of carbonyl (C=O) groups is 1. The second kappa shape index (κ2) is 6.93. The number of morpholine rings is 1. The molecule has 5 nitrogen and oxygen atoms in total. The highest BCUT2D eigenvalue weighted by Crippen LogP contribution is 2.34. The van der Waals surface area contributed by atoms with Crippen molar-refractivity contribution >= 4 is 5.91 Å². The van der Waals surface area contributed by atoms with Crippen LogP contribution in [0.2, 0.25) is 0 Å². The van der Waals surface area contributed by atoms with Gasteiger partial charge in [-0.25, -0.2) is 0 Å². The van der Waals surface area contributed by atoms with Crippen LogP contribution in [-0.4, -0.2) is 47.2 Å². The molecule has 4 rings (SSSR count). The van der Waals surface area contributed by atoms with Crippen LogP contribution in [0.4, 0.5) is 0 Å². The second-order valence-corrected chi connectivity index (χ2v) is 6.88. The average molecular weight is 328 g/mol. The summed E-state index contributed by atoms with van der Waals surface area (Å²) >= 11 is 0. The number of fused-ring (bicyclic) bond motifs is 1. The molecule has 24 heavy (non-hydrogen) atoms. The van der Waals surface area contributed by atoms with Gasteiger partial charge in [-0.05, 0) is 43.7 Å². The highest BCUT2D eigenvalue weighted by molar-refractivity contribution is 5.77. The van der Waals surface area contributed by atoms with Gasteiger partial charge in [-0.15, -0.1) is 0 Å². The highest BCUT2D eigenvalue weighted by atomic mass is 16.5. The van der Waals surface area contributed by atoms with E-state index < -0.39 is 0 Å². The number of hydrogen-bond acceptors (Lipinski definition) is 4. The molecule has 1 aromatic heterocycles. The van der Waals surface area contributed by atoms with Crippen molar-refractivity contribution in [3.8, 4) is 5.75 Å². The number of carbonyl (C=O) groups excluding carboxylic acids is 1. The first kappa shape index (κ1) is 15.6. The Balaban J connectivity index is 1.40. The summed E-state index contributed by atoms with van der Waals surface area (Å²) < 4.78 is 12.1. The third-order valence-corrected chi connectivity index (χ3v) is 5.33. The van der Waals surface area contributed by atoms with E-state index in [1.807, 2.05) is 17.0 Å². The van der Waals surface area contributed by atoms with Crippen molar-refractivity contribution in [3.05, 3.63) is 36.7 Å². The molecule has 2 aliphatic carbocycles. The fourth-order valence-corrected chi connectivity index (χ4v) is 4.15. The van der Waals surface area contributed by atoms with E-state index in [9.17, 15) is 4.79 Å². The molecule has 1 saturated heterocycles. The lowest BCUT2D eigenvalue weighted by atomic mass is 10.0. The summed E-state index contributed by atoms with van der Waals surface area (Å²) in [5, 5.41) is 0. The van der Waals surface area contributed by atoms with E-state index in [1.165, 1.54) is 0 Å². The van der Waals surface area contributed by atoms with E-state index in [0.717, 1.165) is 31.4 Å². The largest absolute Gasteiger partial charge is 0.486 e. The highest BCUT2D eigenvalue weighted by Gasteiger charge is 2.45. The number of nitrogens with zero attached hydrogens (tertiary/aromatic N) is 2. The normalized spacial score (nSPS) is 31.9. The number of aromatic nitrogens is 1. The molecule has 0 spiro atoms. The van der Waals surface area contributed by atoms with Gasteiger partial charge in [0.15, 0.2) is 0 Å². The maximum atomic E-state index is 12.7. The minimum atomic E-state index is -0.0259. The number of allylic oxidation sites excluding steroid dienone is 2. The van der Waals surface area contributed by atoms with Crippen molar-refractivity contribution in [1.82, 2.24) is 9.88 Å². The van der Waals surface area contributed by atoms with Gasteiger partial charge in [0.25, 0.3) is 0 Å². The number of amides is 1. The average Bonchev–Trinajstić information content (AvgIpc) is 3.26. The molecule has 0 unspecified atom stereocenters. The lowest BCUT2D eigenvalue weighted by molar-refractivity contribution is -0.148. The fourth-order valence-electron chi connectivity index (χ4n) is 4.15. The number of ether oxygens (including phenoxy) is 2. The molecule has 2 heterocycles. The van der Waals surface area contributed by atoms with Crippen LogP contribution >= 0.6 is 0 Å². The minimum Gasteiger partial charge on any atom is -0.486 e. The summed E-state index contributed by atoms with van der Waals surface area (Å²) in [6, 6.07) is 3.94. The Labute approximate surface area is 142 Å². The third-order valence-electron chi connectivity index (χ3n) is 5.33. The lowest BCUT2D eigenvalue weighted by Crippen LogP contribution is -2.54. The van der Waals surface area contributed by atoms with Crippen LogP contribution in [0.5, 0.6) is 5.75 Å². The first-order valence-corrected chi connectivity index (χ1v) is 8.95. The van der Waals surface area contributed by atoms with Crippen molar-refractivity contribution in [1.29, 1.82) is 0 Å². The van der Waals surface area contributed by atoms with Gasteiger partial charge >= 0.3 is 0 Å². The van der Waals surface area contributed by atoms with Crippen molar-refractivity contribution in [2.24, 2.45) is 5.92 Å². The van der Waals surface area contributed by atoms with E-state index in [-0.39, 0.29) is 24.2 Å². The molecule has 0 N–H and O–H groups in total. The molecule has 5 heteroatoms. The van der Waals surface area contributed by atoms with Gasteiger partial charge in [0, 0.05) is 19.2 Å². The van der Waals surface area contributed by atoms with Crippen LogP contribution in [0.3, 0.4) is 0 Å². The number of hydrogen-bond donors (Lipinski definition) is 0. The summed E-state index contributed by atoms with van der Waals surface area (Å²) in [5.41, 5.74) is 0. The fraction of sp³-hybridized carbons (Fsp3) is 0.579. The predicted molar refractivity (Wildman–Crippen MR) is 89.6 cm³/mol. The van der Waals surface area contributed by atoms with Crippen LogP contribution in [-0.2, 0) is 9.53 Å². The van der Waals surface area contributed by atoms with E-state index in [0.29, 0.717) is 25.5 Å². The van der Waals surface area contributed by atoms with Crippen LogP contribution in [0, 0.1) is 5.92 Å². The SMILES string of the molecule is O=C(C[C@@H]1C=CCC1)N1CCO[C@H]2[C@H](Oc3cccnc3)CC[C@@H]21. The van der Waals surface area contributed by atoms with Gasteiger partial charge in [-0.2, -0.15) is 0 Å². The van der Waals surface area contributed by atoms with Crippen LogP contribution in [0.1, 0.15) is 32.1 Å². The quantitative estimate of drug-likeness (QED) is 0.797. The van der Waals surface area contributed by atoms with Crippen molar-refractivity contribution in [2.45, 2.75) is 50.4 Å². The summed E-state index contributed by atoms with van der Waals surface area (Å²) in [6.07, 6.45) is 12.5. The predicted octanol–water partition coefficient (Wildman–Crippen LogP) is 2.58. The Morgan fingerprint density at radius 3 is 3.12 bits per heavy atom. The van der Waals surface area contributed by atoms with Crippen molar-refractivity contribution in [3.63, 3.8) is 0 Å². The summed E-state index contributed by atoms with van der Waals surface area (Å²) in [5.74, 6) is 1.46. The number of pyridine rings is 1. The van der Waals surface area contributed by atoms with Crippen LogP contribution in [0.15, 0.2) is 36.7 Å². The zero-order valence-electron chi connectivity index (χ0n) is 13.8. The molecule has 1 aliphatic heterocycles. The Morgan fingerprint density at radius 1 is 1.38 bits per heavy atom.